The first-order chi connectivity index (χ1) is 9.63. The van der Waals surface area contributed by atoms with E-state index in [2.05, 4.69) is 10.1 Å². The molecule has 1 saturated carbocycles. The topological polar surface area (TPSA) is 74.2 Å². The molecule has 2 N–H and O–H groups in total. The minimum absolute atomic E-state index is 0.0714. The summed E-state index contributed by atoms with van der Waals surface area (Å²) in [6.07, 6.45) is 2.30. The third kappa shape index (κ3) is 2.82. The standard InChI is InChI=1S/C15H19N3O2/c1-9-3-6-12(10(2)16)13(7-9)19-8-14-17-15(20-18-14)11-4-5-11/h3,6-7,10-11H,4-5,8,16H2,1-2H3. The largest absolute Gasteiger partial charge is 0.485 e. The van der Waals surface area contributed by atoms with Crippen molar-refractivity contribution in [3.05, 3.63) is 41.0 Å². The summed E-state index contributed by atoms with van der Waals surface area (Å²) in [5, 5.41) is 3.95. The van der Waals surface area contributed by atoms with E-state index in [1.807, 2.05) is 32.0 Å². The second-order valence-corrected chi connectivity index (χ2v) is 5.44. The average Bonchev–Trinajstić information content (AvgIpc) is 3.15. The lowest BCUT2D eigenvalue weighted by molar-refractivity contribution is 0.281. The van der Waals surface area contributed by atoms with E-state index in [0.717, 1.165) is 35.6 Å². The Hall–Kier alpha value is -1.88. The molecule has 0 bridgehead atoms. The van der Waals surface area contributed by atoms with E-state index < -0.39 is 0 Å². The number of hydrogen-bond donors (Lipinski definition) is 1. The van der Waals surface area contributed by atoms with Crippen LogP contribution in [0, 0.1) is 6.92 Å². The Labute approximate surface area is 118 Å². The summed E-state index contributed by atoms with van der Waals surface area (Å²) < 4.78 is 11.0. The fraction of sp³-hybridized carbons (Fsp3) is 0.467. The van der Waals surface area contributed by atoms with E-state index in [4.69, 9.17) is 15.0 Å². The van der Waals surface area contributed by atoms with Gasteiger partial charge in [-0.15, -0.1) is 0 Å². The Bertz CT molecular complexity index is 603. The Balaban J connectivity index is 1.71. The van der Waals surface area contributed by atoms with Crippen molar-refractivity contribution in [1.82, 2.24) is 10.1 Å². The van der Waals surface area contributed by atoms with E-state index in [9.17, 15) is 0 Å². The Morgan fingerprint density at radius 1 is 1.45 bits per heavy atom. The van der Waals surface area contributed by atoms with Gasteiger partial charge in [-0.3, -0.25) is 0 Å². The minimum Gasteiger partial charge on any atom is -0.485 e. The van der Waals surface area contributed by atoms with Crippen LogP contribution in [0.4, 0.5) is 0 Å². The van der Waals surface area contributed by atoms with Crippen molar-refractivity contribution in [2.75, 3.05) is 0 Å². The molecule has 3 rings (SSSR count). The van der Waals surface area contributed by atoms with Gasteiger partial charge in [0.15, 0.2) is 6.61 Å². The molecule has 1 unspecified atom stereocenters. The molecule has 0 aliphatic heterocycles. The van der Waals surface area contributed by atoms with Crippen molar-refractivity contribution < 1.29 is 9.26 Å². The molecule has 1 aromatic carbocycles. The lowest BCUT2D eigenvalue weighted by atomic mass is 10.1. The molecule has 1 aromatic heterocycles. The molecule has 5 heteroatoms. The molecule has 0 radical (unpaired) electrons. The van der Waals surface area contributed by atoms with Gasteiger partial charge in [-0.2, -0.15) is 4.98 Å². The quantitative estimate of drug-likeness (QED) is 0.906. The maximum Gasteiger partial charge on any atom is 0.229 e. The maximum atomic E-state index is 5.96. The van der Waals surface area contributed by atoms with Crippen LogP contribution in [0.2, 0.25) is 0 Å². The predicted molar refractivity (Wildman–Crippen MR) is 74.4 cm³/mol. The van der Waals surface area contributed by atoms with Gasteiger partial charge in [-0.25, -0.2) is 0 Å². The number of nitrogens with two attached hydrogens (primary N) is 1. The lowest BCUT2D eigenvalue weighted by Gasteiger charge is -2.13. The monoisotopic (exact) mass is 273 g/mol. The van der Waals surface area contributed by atoms with E-state index in [-0.39, 0.29) is 6.04 Å². The third-order valence-electron chi connectivity index (χ3n) is 3.43. The van der Waals surface area contributed by atoms with Crippen molar-refractivity contribution in [2.45, 2.75) is 45.3 Å². The van der Waals surface area contributed by atoms with Gasteiger partial charge in [0, 0.05) is 17.5 Å². The zero-order chi connectivity index (χ0) is 14.1. The number of nitrogens with zero attached hydrogens (tertiary/aromatic N) is 2. The first kappa shape index (κ1) is 13.1. The van der Waals surface area contributed by atoms with Crippen LogP contribution in [0.15, 0.2) is 22.7 Å². The van der Waals surface area contributed by atoms with Gasteiger partial charge in [0.05, 0.1) is 0 Å². The number of aryl methyl sites for hydroxylation is 1. The number of rotatable bonds is 5. The molecule has 2 aromatic rings. The van der Waals surface area contributed by atoms with Crippen molar-refractivity contribution in [2.24, 2.45) is 5.73 Å². The van der Waals surface area contributed by atoms with Gasteiger partial charge >= 0.3 is 0 Å². The SMILES string of the molecule is Cc1ccc(C(C)N)c(OCc2noc(C3CC3)n2)c1. The van der Waals surface area contributed by atoms with Gasteiger partial charge in [0.2, 0.25) is 11.7 Å². The molecule has 106 valence electrons. The Morgan fingerprint density at radius 2 is 2.25 bits per heavy atom. The molecular weight excluding hydrogens is 254 g/mol. The summed E-state index contributed by atoms with van der Waals surface area (Å²) in [6.45, 7) is 4.27. The lowest BCUT2D eigenvalue weighted by Crippen LogP contribution is -2.08. The van der Waals surface area contributed by atoms with Crippen LogP contribution in [0.25, 0.3) is 0 Å². The molecule has 1 aliphatic carbocycles. The highest BCUT2D eigenvalue weighted by Crippen LogP contribution is 2.38. The molecule has 1 heterocycles. The Kier molecular flexibility index (Phi) is 3.44. The first-order valence-electron chi connectivity index (χ1n) is 6.95. The highest BCUT2D eigenvalue weighted by atomic mass is 16.5. The second kappa shape index (κ2) is 5.25. The smallest absolute Gasteiger partial charge is 0.229 e. The van der Waals surface area contributed by atoms with Crippen LogP contribution >= 0.6 is 0 Å². The van der Waals surface area contributed by atoms with E-state index >= 15 is 0 Å². The molecular formula is C15H19N3O2. The van der Waals surface area contributed by atoms with Crippen LogP contribution in [-0.2, 0) is 6.61 Å². The fourth-order valence-electron chi connectivity index (χ4n) is 2.11. The fourth-order valence-corrected chi connectivity index (χ4v) is 2.11. The second-order valence-electron chi connectivity index (χ2n) is 5.44. The minimum atomic E-state index is -0.0714. The molecule has 0 spiro atoms. The molecule has 0 amide bonds. The predicted octanol–water partition coefficient (Wildman–Crippen LogP) is 2.85. The molecule has 1 aliphatic rings. The number of aromatic nitrogens is 2. The van der Waals surface area contributed by atoms with Crippen LogP contribution in [0.5, 0.6) is 5.75 Å². The summed E-state index contributed by atoms with van der Waals surface area (Å²) in [5.41, 5.74) is 8.08. The molecule has 20 heavy (non-hydrogen) atoms. The van der Waals surface area contributed by atoms with Gasteiger partial charge in [0.25, 0.3) is 0 Å². The number of benzene rings is 1. The van der Waals surface area contributed by atoms with Crippen LogP contribution < -0.4 is 10.5 Å². The van der Waals surface area contributed by atoms with E-state index in [1.54, 1.807) is 0 Å². The molecule has 1 atom stereocenters. The van der Waals surface area contributed by atoms with Gasteiger partial charge in [-0.1, -0.05) is 17.3 Å². The maximum absolute atomic E-state index is 5.96. The van der Waals surface area contributed by atoms with Gasteiger partial charge < -0.3 is 15.0 Å². The van der Waals surface area contributed by atoms with E-state index in [0.29, 0.717) is 18.3 Å². The highest BCUT2D eigenvalue weighted by Gasteiger charge is 2.29. The van der Waals surface area contributed by atoms with Crippen molar-refractivity contribution in [1.29, 1.82) is 0 Å². The highest BCUT2D eigenvalue weighted by molar-refractivity contribution is 5.38. The normalized spacial score (nSPS) is 16.1. The van der Waals surface area contributed by atoms with Crippen LogP contribution in [0.3, 0.4) is 0 Å². The van der Waals surface area contributed by atoms with Crippen molar-refractivity contribution >= 4 is 0 Å². The third-order valence-corrected chi connectivity index (χ3v) is 3.43. The van der Waals surface area contributed by atoms with Crippen LogP contribution in [-0.4, -0.2) is 10.1 Å². The zero-order valence-corrected chi connectivity index (χ0v) is 11.8. The average molecular weight is 273 g/mol. The molecule has 0 saturated heterocycles. The molecule has 1 fully saturated rings. The summed E-state index contributed by atoms with van der Waals surface area (Å²) >= 11 is 0. The summed E-state index contributed by atoms with van der Waals surface area (Å²) in [7, 11) is 0. The van der Waals surface area contributed by atoms with Crippen LogP contribution in [0.1, 0.15) is 54.6 Å². The van der Waals surface area contributed by atoms with Crippen molar-refractivity contribution in [3.8, 4) is 5.75 Å². The van der Waals surface area contributed by atoms with Gasteiger partial charge in [0.1, 0.15) is 5.75 Å². The first-order valence-corrected chi connectivity index (χ1v) is 6.95. The Morgan fingerprint density at radius 3 is 2.95 bits per heavy atom. The van der Waals surface area contributed by atoms with E-state index in [1.165, 1.54) is 0 Å². The zero-order valence-electron chi connectivity index (χ0n) is 11.8. The summed E-state index contributed by atoms with van der Waals surface area (Å²) in [4.78, 5) is 4.35. The van der Waals surface area contributed by atoms with Crippen molar-refractivity contribution in [3.63, 3.8) is 0 Å². The number of hydrogen-bond acceptors (Lipinski definition) is 5. The number of ether oxygens (including phenoxy) is 1. The summed E-state index contributed by atoms with van der Waals surface area (Å²) in [6, 6.07) is 5.95. The van der Waals surface area contributed by atoms with Gasteiger partial charge in [-0.05, 0) is 38.3 Å². The summed E-state index contributed by atoms with van der Waals surface area (Å²) in [5.74, 6) is 2.58. The molecule has 5 nitrogen and oxygen atoms in total.